The molecule has 0 saturated carbocycles. The van der Waals surface area contributed by atoms with Gasteiger partial charge in [-0.2, -0.15) is 13.8 Å². The van der Waals surface area contributed by atoms with Gasteiger partial charge in [0.25, 0.3) is 5.91 Å². The number of benzene rings is 1. The van der Waals surface area contributed by atoms with Crippen molar-refractivity contribution in [3.05, 3.63) is 58.1 Å². The van der Waals surface area contributed by atoms with E-state index >= 15 is 8.78 Å². The number of aromatic nitrogens is 2. The molecule has 0 spiro atoms. The fourth-order valence-corrected chi connectivity index (χ4v) is 5.01. The van der Waals surface area contributed by atoms with Gasteiger partial charge in [-0.3, -0.25) is 22.9 Å². The number of halogens is 2. The summed E-state index contributed by atoms with van der Waals surface area (Å²) >= 11 is 0. The normalized spacial score (nSPS) is 28.5. The van der Waals surface area contributed by atoms with E-state index in [9.17, 15) is 14.2 Å². The predicted octanol–water partition coefficient (Wildman–Crippen LogP) is 3.29. The highest BCUT2D eigenvalue weighted by Crippen LogP contribution is 2.60. The summed E-state index contributed by atoms with van der Waals surface area (Å²) in [6, 6.07) is 7.89. The van der Waals surface area contributed by atoms with Crippen LogP contribution in [0.15, 0.2) is 41.3 Å². The van der Waals surface area contributed by atoms with E-state index in [-0.39, 0.29) is 5.82 Å². The molecule has 2 fully saturated rings. The quantitative estimate of drug-likeness (QED) is 0.642. The molecule has 4 atom stereocenters. The Morgan fingerprint density at radius 2 is 2.00 bits per heavy atom. The largest absolute Gasteiger partial charge is 0.475 e. The first-order valence-corrected chi connectivity index (χ1v) is 11.6. The van der Waals surface area contributed by atoms with E-state index in [4.69, 9.17) is 18.3 Å². The standard InChI is InChI=1S/C20H22F2N3O7P/c1-11(2)31-33(28)29-10-14-16(32-33)20(21,22)18(30-14)25-9-8-15(24-19(25)27)23-17(26)13-6-4-12(3)5-7-13/h4-9,11,14,16,18H,10H2,1-3H3,(H,23,24,26,27)/t14-,16-,18?,33?/m1/s1. The summed E-state index contributed by atoms with van der Waals surface area (Å²) in [5, 5.41) is 2.45. The Bertz CT molecular complexity index is 1160. The lowest BCUT2D eigenvalue weighted by atomic mass is 10.1. The second kappa shape index (κ2) is 8.69. The average molecular weight is 485 g/mol. The number of rotatable bonds is 5. The van der Waals surface area contributed by atoms with Gasteiger partial charge in [0.1, 0.15) is 11.9 Å². The predicted molar refractivity (Wildman–Crippen MR) is 111 cm³/mol. The highest BCUT2D eigenvalue weighted by molar-refractivity contribution is 7.48. The number of nitrogens with one attached hydrogen (secondary N) is 1. The molecular formula is C20H22F2N3O7P. The number of aryl methyl sites for hydroxylation is 1. The molecule has 1 amide bonds. The number of amides is 1. The highest BCUT2D eigenvalue weighted by atomic mass is 31.2. The minimum absolute atomic E-state index is 0.116. The Labute approximate surface area is 187 Å². The summed E-state index contributed by atoms with van der Waals surface area (Å²) in [5.74, 6) is -4.38. The van der Waals surface area contributed by atoms with Crippen LogP contribution in [0.1, 0.15) is 36.0 Å². The number of anilines is 1. The third-order valence-electron chi connectivity index (χ3n) is 4.97. The topological polar surface area (TPSA) is 118 Å². The Morgan fingerprint density at radius 1 is 1.30 bits per heavy atom. The van der Waals surface area contributed by atoms with Crippen LogP contribution in [-0.4, -0.2) is 46.3 Å². The van der Waals surface area contributed by atoms with Crippen molar-refractivity contribution < 1.29 is 36.4 Å². The van der Waals surface area contributed by atoms with Crippen molar-refractivity contribution in [2.24, 2.45) is 0 Å². The Hall–Kier alpha value is -2.50. The number of hydrogen-bond acceptors (Lipinski definition) is 8. The van der Waals surface area contributed by atoms with Gasteiger partial charge in [0.2, 0.25) is 6.23 Å². The Balaban J connectivity index is 1.52. The van der Waals surface area contributed by atoms with Crippen LogP contribution in [0.4, 0.5) is 14.6 Å². The molecule has 178 valence electrons. The number of phosphoric ester groups is 1. The van der Waals surface area contributed by atoms with Gasteiger partial charge >= 0.3 is 19.4 Å². The van der Waals surface area contributed by atoms with Crippen LogP contribution in [0.2, 0.25) is 0 Å². The molecule has 13 heteroatoms. The van der Waals surface area contributed by atoms with E-state index in [1.54, 1.807) is 38.1 Å². The third kappa shape index (κ3) is 4.75. The minimum Gasteiger partial charge on any atom is -0.343 e. The van der Waals surface area contributed by atoms with Crippen molar-refractivity contribution in [1.82, 2.24) is 9.55 Å². The van der Waals surface area contributed by atoms with E-state index < -0.39 is 56.5 Å². The van der Waals surface area contributed by atoms with Crippen LogP contribution >= 0.6 is 7.82 Å². The van der Waals surface area contributed by atoms with E-state index in [1.807, 2.05) is 6.92 Å². The van der Waals surface area contributed by atoms with Gasteiger partial charge in [-0.05, 0) is 39.0 Å². The second-order valence-corrected chi connectivity index (χ2v) is 9.52. The number of alkyl halides is 2. The third-order valence-corrected chi connectivity index (χ3v) is 6.60. The zero-order valence-corrected chi connectivity index (χ0v) is 18.8. The second-order valence-electron chi connectivity index (χ2n) is 7.95. The van der Waals surface area contributed by atoms with E-state index in [1.165, 1.54) is 6.07 Å². The van der Waals surface area contributed by atoms with Crippen molar-refractivity contribution in [2.75, 3.05) is 11.9 Å². The van der Waals surface area contributed by atoms with Crippen molar-refractivity contribution in [1.29, 1.82) is 0 Å². The van der Waals surface area contributed by atoms with Crippen molar-refractivity contribution in [3.63, 3.8) is 0 Å². The van der Waals surface area contributed by atoms with Gasteiger partial charge < -0.3 is 10.1 Å². The number of fused-ring (bicyclic) bond motifs is 1. The van der Waals surface area contributed by atoms with Crippen LogP contribution in [-0.2, 0) is 22.9 Å². The first-order valence-electron chi connectivity index (χ1n) is 10.1. The fourth-order valence-electron chi connectivity index (χ4n) is 3.43. The van der Waals surface area contributed by atoms with Gasteiger partial charge in [-0.25, -0.2) is 9.36 Å². The highest BCUT2D eigenvalue weighted by Gasteiger charge is 2.65. The summed E-state index contributed by atoms with van der Waals surface area (Å²) in [6.45, 7) is 4.50. The van der Waals surface area contributed by atoms with Crippen LogP contribution < -0.4 is 11.0 Å². The van der Waals surface area contributed by atoms with E-state index in [0.717, 1.165) is 11.8 Å². The lowest BCUT2D eigenvalue weighted by molar-refractivity contribution is -0.139. The van der Waals surface area contributed by atoms with E-state index in [0.29, 0.717) is 10.1 Å². The Morgan fingerprint density at radius 3 is 2.64 bits per heavy atom. The molecular weight excluding hydrogens is 463 g/mol. The van der Waals surface area contributed by atoms with Gasteiger partial charge in [0, 0.05) is 11.8 Å². The molecule has 2 unspecified atom stereocenters. The maximum Gasteiger partial charge on any atom is 0.475 e. The minimum atomic E-state index is -4.22. The van der Waals surface area contributed by atoms with Gasteiger partial charge in [0.05, 0.1) is 12.7 Å². The maximum atomic E-state index is 15.1. The van der Waals surface area contributed by atoms with Crippen molar-refractivity contribution in [2.45, 2.75) is 51.2 Å². The zero-order valence-electron chi connectivity index (χ0n) is 17.9. The summed E-state index contributed by atoms with van der Waals surface area (Å²) < 4.78 is 63.7. The van der Waals surface area contributed by atoms with E-state index in [2.05, 4.69) is 10.3 Å². The fraction of sp³-hybridized carbons (Fsp3) is 0.450. The number of carbonyl (C=O) groups excluding carboxylic acids is 1. The zero-order chi connectivity index (χ0) is 24.0. The number of ether oxygens (including phenoxy) is 1. The first kappa shape index (κ1) is 23.7. The lowest BCUT2D eigenvalue weighted by Gasteiger charge is -2.32. The van der Waals surface area contributed by atoms with Gasteiger partial charge in [-0.15, -0.1) is 0 Å². The molecule has 0 aliphatic carbocycles. The molecule has 10 nitrogen and oxygen atoms in total. The smallest absolute Gasteiger partial charge is 0.343 e. The van der Waals surface area contributed by atoms with Crippen molar-refractivity contribution in [3.8, 4) is 0 Å². The molecule has 2 aliphatic rings. The molecule has 4 rings (SSSR count). The van der Waals surface area contributed by atoms with Crippen LogP contribution in [0.5, 0.6) is 0 Å². The maximum absolute atomic E-state index is 15.1. The summed E-state index contributed by atoms with van der Waals surface area (Å²) in [7, 11) is -4.22. The summed E-state index contributed by atoms with van der Waals surface area (Å²) in [6.07, 6.45) is -4.87. The molecule has 2 saturated heterocycles. The first-order chi connectivity index (χ1) is 15.5. The summed E-state index contributed by atoms with van der Waals surface area (Å²) in [5.41, 5.74) is 0.223. The molecule has 1 N–H and O–H groups in total. The van der Waals surface area contributed by atoms with Crippen LogP contribution in [0.3, 0.4) is 0 Å². The molecule has 3 heterocycles. The molecule has 2 aliphatic heterocycles. The molecule has 1 aromatic heterocycles. The number of nitrogens with zero attached hydrogens (tertiary/aromatic N) is 2. The van der Waals surface area contributed by atoms with Gasteiger partial charge in [0.15, 0.2) is 6.10 Å². The average Bonchev–Trinajstić information content (AvgIpc) is 2.98. The summed E-state index contributed by atoms with van der Waals surface area (Å²) in [4.78, 5) is 28.5. The molecule has 0 radical (unpaired) electrons. The van der Waals surface area contributed by atoms with Gasteiger partial charge in [-0.1, -0.05) is 17.7 Å². The number of phosphoric acid groups is 1. The molecule has 0 bridgehead atoms. The molecule has 1 aromatic carbocycles. The lowest BCUT2D eigenvalue weighted by Crippen LogP contribution is -2.45. The Kier molecular flexibility index (Phi) is 6.23. The number of hydrogen-bond donors (Lipinski definition) is 1. The molecule has 2 aromatic rings. The molecule has 33 heavy (non-hydrogen) atoms. The monoisotopic (exact) mass is 485 g/mol. The van der Waals surface area contributed by atoms with Crippen LogP contribution in [0.25, 0.3) is 0 Å². The SMILES string of the molecule is Cc1ccc(C(=O)Nc2ccn(C3O[C@@H]4COP(=O)(OC(C)C)O[C@H]4C3(F)F)c(=O)n2)cc1. The van der Waals surface area contributed by atoms with Crippen molar-refractivity contribution >= 4 is 19.5 Å². The van der Waals surface area contributed by atoms with Crippen LogP contribution in [0, 0.1) is 6.92 Å². The number of carbonyl (C=O) groups is 1.